The molecular weight excluding hydrogens is 362 g/mol. The van der Waals surface area contributed by atoms with Crippen LogP contribution in [0.5, 0.6) is 0 Å². The fourth-order valence-electron chi connectivity index (χ4n) is 2.50. The van der Waals surface area contributed by atoms with Gasteiger partial charge in [0, 0.05) is 30.9 Å². The predicted octanol–water partition coefficient (Wildman–Crippen LogP) is 2.42. The topological polar surface area (TPSA) is 105 Å². The van der Waals surface area contributed by atoms with Crippen LogP contribution in [0.2, 0.25) is 0 Å². The average Bonchev–Trinajstić information content (AvgIpc) is 2.65. The second-order valence-corrected chi connectivity index (χ2v) is 5.95. The molecule has 0 bridgehead atoms. The van der Waals surface area contributed by atoms with E-state index >= 15 is 0 Å². The first-order valence-corrected chi connectivity index (χ1v) is 8.44. The van der Waals surface area contributed by atoms with Crippen LogP contribution in [-0.4, -0.2) is 37.3 Å². The lowest BCUT2D eigenvalue weighted by Crippen LogP contribution is -2.36. The largest absolute Gasteiger partial charge is 0.465 e. The lowest BCUT2D eigenvalue weighted by Gasteiger charge is -2.21. The molecule has 146 valence electrons. The van der Waals surface area contributed by atoms with Crippen molar-refractivity contribution in [3.8, 4) is 0 Å². The third kappa shape index (κ3) is 5.66. The van der Waals surface area contributed by atoms with Gasteiger partial charge in [-0.2, -0.15) is 0 Å². The van der Waals surface area contributed by atoms with Crippen molar-refractivity contribution in [3.05, 3.63) is 54.1 Å². The summed E-state index contributed by atoms with van der Waals surface area (Å²) in [5, 5.41) is 5.29. The predicted molar refractivity (Wildman–Crippen MR) is 105 cm³/mol. The van der Waals surface area contributed by atoms with E-state index in [4.69, 9.17) is 0 Å². The normalized spacial score (nSPS) is 9.96. The fraction of sp³-hybridized carbons (Fsp3) is 0.200. The molecule has 2 aromatic carbocycles. The van der Waals surface area contributed by atoms with E-state index in [-0.39, 0.29) is 18.4 Å². The number of benzene rings is 2. The first-order valence-electron chi connectivity index (χ1n) is 8.44. The highest BCUT2D eigenvalue weighted by molar-refractivity contribution is 6.02. The van der Waals surface area contributed by atoms with Crippen molar-refractivity contribution in [1.29, 1.82) is 0 Å². The summed E-state index contributed by atoms with van der Waals surface area (Å²) in [6, 6.07) is 12.9. The van der Waals surface area contributed by atoms with Crippen molar-refractivity contribution in [2.45, 2.75) is 13.8 Å². The van der Waals surface area contributed by atoms with Gasteiger partial charge in [0.05, 0.1) is 12.7 Å². The number of anilines is 3. The molecule has 0 spiro atoms. The number of amides is 3. The zero-order chi connectivity index (χ0) is 20.7. The highest BCUT2D eigenvalue weighted by Gasteiger charge is 2.16. The van der Waals surface area contributed by atoms with Gasteiger partial charge in [-0.15, -0.1) is 0 Å². The monoisotopic (exact) mass is 383 g/mol. The second-order valence-electron chi connectivity index (χ2n) is 5.95. The molecule has 28 heavy (non-hydrogen) atoms. The van der Waals surface area contributed by atoms with Crippen LogP contribution in [0.3, 0.4) is 0 Å². The first kappa shape index (κ1) is 20.6. The van der Waals surface area contributed by atoms with E-state index in [1.807, 2.05) is 0 Å². The molecule has 0 atom stereocenters. The molecule has 0 fully saturated rings. The van der Waals surface area contributed by atoms with Crippen molar-refractivity contribution in [3.63, 3.8) is 0 Å². The van der Waals surface area contributed by atoms with E-state index in [1.165, 1.54) is 31.9 Å². The van der Waals surface area contributed by atoms with Crippen LogP contribution in [0.15, 0.2) is 48.5 Å². The van der Waals surface area contributed by atoms with Crippen molar-refractivity contribution < 1.29 is 23.9 Å². The first-order chi connectivity index (χ1) is 13.3. The zero-order valence-electron chi connectivity index (χ0n) is 15.8. The van der Waals surface area contributed by atoms with Gasteiger partial charge < -0.3 is 20.3 Å². The molecular formula is C20H21N3O5. The molecule has 2 rings (SSSR count). The van der Waals surface area contributed by atoms with Gasteiger partial charge in [-0.25, -0.2) is 4.79 Å². The van der Waals surface area contributed by atoms with E-state index in [0.717, 1.165) is 0 Å². The molecule has 0 aliphatic carbocycles. The van der Waals surface area contributed by atoms with Crippen LogP contribution in [-0.2, 0) is 19.1 Å². The van der Waals surface area contributed by atoms with Gasteiger partial charge in [0.15, 0.2) is 0 Å². The maximum absolute atomic E-state index is 12.4. The minimum absolute atomic E-state index is 0.204. The number of carbonyl (C=O) groups excluding carboxylic acids is 4. The maximum Gasteiger partial charge on any atom is 0.337 e. The van der Waals surface area contributed by atoms with Gasteiger partial charge in [0.25, 0.3) is 0 Å². The summed E-state index contributed by atoms with van der Waals surface area (Å²) in [6.07, 6.45) is 0. The average molecular weight is 383 g/mol. The molecule has 2 N–H and O–H groups in total. The number of carbonyl (C=O) groups is 4. The van der Waals surface area contributed by atoms with Crippen LogP contribution in [0.1, 0.15) is 24.2 Å². The number of nitrogens with one attached hydrogen (secondary N) is 2. The Bertz CT molecular complexity index is 893. The molecule has 8 nitrogen and oxygen atoms in total. The van der Waals surface area contributed by atoms with Crippen molar-refractivity contribution in [2.75, 3.05) is 29.2 Å². The van der Waals surface area contributed by atoms with E-state index in [0.29, 0.717) is 22.6 Å². The molecule has 0 radical (unpaired) electrons. The molecule has 3 amide bonds. The second kappa shape index (κ2) is 9.31. The molecule has 8 heteroatoms. The Kier molecular flexibility index (Phi) is 6.86. The summed E-state index contributed by atoms with van der Waals surface area (Å²) in [4.78, 5) is 48.4. The third-order valence-corrected chi connectivity index (χ3v) is 3.75. The molecule has 0 heterocycles. The van der Waals surface area contributed by atoms with Gasteiger partial charge >= 0.3 is 5.97 Å². The Hall–Kier alpha value is -3.68. The van der Waals surface area contributed by atoms with E-state index in [2.05, 4.69) is 15.4 Å². The Balaban J connectivity index is 2.10. The quantitative estimate of drug-likeness (QED) is 0.746. The molecule has 0 saturated carbocycles. The molecule has 0 aliphatic rings. The third-order valence-electron chi connectivity index (χ3n) is 3.75. The van der Waals surface area contributed by atoms with Crippen LogP contribution >= 0.6 is 0 Å². The van der Waals surface area contributed by atoms with Crippen LogP contribution in [0.25, 0.3) is 0 Å². The van der Waals surface area contributed by atoms with Crippen molar-refractivity contribution in [2.24, 2.45) is 0 Å². The Morgan fingerprint density at radius 2 is 1.61 bits per heavy atom. The smallest absolute Gasteiger partial charge is 0.337 e. The Labute approximate surface area is 162 Å². The number of hydrogen-bond acceptors (Lipinski definition) is 5. The minimum atomic E-state index is -0.513. The molecule has 0 unspecified atom stereocenters. The molecule has 0 aliphatic heterocycles. The Morgan fingerprint density at radius 3 is 2.18 bits per heavy atom. The van der Waals surface area contributed by atoms with Gasteiger partial charge in [-0.05, 0) is 42.5 Å². The van der Waals surface area contributed by atoms with Gasteiger partial charge in [0.2, 0.25) is 17.7 Å². The standard InChI is InChI=1S/C20H21N3O5/c1-13(24)21-16-7-9-18(10-8-16)23(14(2)25)12-19(26)22-17-6-4-5-15(11-17)20(27)28-3/h4-11H,12H2,1-3H3,(H,21,24)(H,22,26). The Morgan fingerprint density at radius 1 is 0.929 bits per heavy atom. The van der Waals surface area contributed by atoms with Crippen LogP contribution in [0, 0.1) is 0 Å². The zero-order valence-corrected chi connectivity index (χ0v) is 15.8. The number of methoxy groups -OCH3 is 1. The minimum Gasteiger partial charge on any atom is -0.465 e. The molecule has 2 aromatic rings. The van der Waals surface area contributed by atoms with Crippen molar-refractivity contribution >= 4 is 40.8 Å². The SMILES string of the molecule is COC(=O)c1cccc(NC(=O)CN(C(C)=O)c2ccc(NC(C)=O)cc2)c1. The number of nitrogens with zero attached hydrogens (tertiary/aromatic N) is 1. The highest BCUT2D eigenvalue weighted by Crippen LogP contribution is 2.19. The van der Waals surface area contributed by atoms with Gasteiger partial charge in [-0.3, -0.25) is 14.4 Å². The molecule has 0 aromatic heterocycles. The lowest BCUT2D eigenvalue weighted by molar-refractivity contribution is -0.120. The maximum atomic E-state index is 12.4. The van der Waals surface area contributed by atoms with E-state index < -0.39 is 11.9 Å². The van der Waals surface area contributed by atoms with Crippen molar-refractivity contribution in [1.82, 2.24) is 0 Å². The summed E-state index contributed by atoms with van der Waals surface area (Å²) in [7, 11) is 1.27. The summed E-state index contributed by atoms with van der Waals surface area (Å²) in [5.74, 6) is -1.46. The summed E-state index contributed by atoms with van der Waals surface area (Å²) in [6.45, 7) is 2.54. The van der Waals surface area contributed by atoms with E-state index in [1.54, 1.807) is 42.5 Å². The summed E-state index contributed by atoms with van der Waals surface area (Å²) in [5.41, 5.74) is 1.82. The van der Waals surface area contributed by atoms with E-state index in [9.17, 15) is 19.2 Å². The summed E-state index contributed by atoms with van der Waals surface area (Å²) >= 11 is 0. The van der Waals surface area contributed by atoms with Gasteiger partial charge in [0.1, 0.15) is 6.54 Å². The number of ether oxygens (including phenoxy) is 1. The number of rotatable bonds is 6. The highest BCUT2D eigenvalue weighted by atomic mass is 16.5. The van der Waals surface area contributed by atoms with Crippen LogP contribution in [0.4, 0.5) is 17.1 Å². The number of hydrogen-bond donors (Lipinski definition) is 2. The van der Waals surface area contributed by atoms with Gasteiger partial charge in [-0.1, -0.05) is 6.07 Å². The summed E-state index contributed by atoms with van der Waals surface area (Å²) < 4.78 is 4.65. The van der Waals surface area contributed by atoms with Crippen LogP contribution < -0.4 is 15.5 Å². The lowest BCUT2D eigenvalue weighted by atomic mass is 10.2. The fourth-order valence-corrected chi connectivity index (χ4v) is 2.50. The number of esters is 1. The molecule has 0 saturated heterocycles.